The summed E-state index contributed by atoms with van der Waals surface area (Å²) in [6, 6.07) is 11.8. The first-order chi connectivity index (χ1) is 12.2. The molecule has 3 heterocycles. The van der Waals surface area contributed by atoms with Gasteiger partial charge in [-0.15, -0.1) is 5.10 Å². The first-order valence-corrected chi connectivity index (χ1v) is 8.44. The number of benzene rings is 1. The van der Waals surface area contributed by atoms with E-state index in [9.17, 15) is 0 Å². The molecule has 0 unspecified atom stereocenters. The molecule has 0 radical (unpaired) electrons. The van der Waals surface area contributed by atoms with Gasteiger partial charge in [-0.25, -0.2) is 9.97 Å². The predicted molar refractivity (Wildman–Crippen MR) is 93.1 cm³/mol. The second-order valence-electron chi connectivity index (χ2n) is 6.51. The van der Waals surface area contributed by atoms with Crippen molar-refractivity contribution in [1.82, 2.24) is 19.7 Å². The molecule has 0 spiro atoms. The number of ether oxygens (including phenoxy) is 2. The first-order valence-electron chi connectivity index (χ1n) is 8.44. The zero-order chi connectivity index (χ0) is 17.2. The Labute approximate surface area is 146 Å². The summed E-state index contributed by atoms with van der Waals surface area (Å²) in [5.74, 6) is 4.56. The summed E-state index contributed by atoms with van der Waals surface area (Å²) in [6.45, 7) is 4.61. The Morgan fingerprint density at radius 3 is 2.80 bits per heavy atom. The molecule has 0 bridgehead atoms. The summed E-state index contributed by atoms with van der Waals surface area (Å²) < 4.78 is 12.7. The van der Waals surface area contributed by atoms with Crippen molar-refractivity contribution in [2.75, 3.05) is 6.79 Å². The Bertz CT molecular complexity index is 874. The highest BCUT2D eigenvalue weighted by Crippen LogP contribution is 2.33. The van der Waals surface area contributed by atoms with Crippen LogP contribution in [0.3, 0.4) is 0 Å². The number of hydrogen-bond donors (Lipinski definition) is 0. The molecule has 0 atom stereocenters. The van der Waals surface area contributed by atoms with E-state index >= 15 is 0 Å². The Kier molecular flexibility index (Phi) is 4.09. The lowest BCUT2D eigenvalue weighted by Crippen LogP contribution is -2.05. The topological polar surface area (TPSA) is 62.1 Å². The number of aromatic nitrogens is 4. The van der Waals surface area contributed by atoms with Gasteiger partial charge in [-0.1, -0.05) is 26.0 Å². The Morgan fingerprint density at radius 2 is 2.00 bits per heavy atom. The predicted octanol–water partition coefficient (Wildman–Crippen LogP) is 3.18. The molecule has 128 valence electrons. The molecular formula is C19H20N4O2. The van der Waals surface area contributed by atoms with E-state index < -0.39 is 0 Å². The van der Waals surface area contributed by atoms with E-state index in [1.165, 1.54) is 0 Å². The van der Waals surface area contributed by atoms with Crippen LogP contribution in [0.15, 0.2) is 42.6 Å². The van der Waals surface area contributed by atoms with Crippen LogP contribution in [0, 0.1) is 5.92 Å². The molecule has 1 aliphatic heterocycles. The van der Waals surface area contributed by atoms with Crippen LogP contribution in [0.4, 0.5) is 0 Å². The van der Waals surface area contributed by atoms with E-state index in [0.29, 0.717) is 12.3 Å². The summed E-state index contributed by atoms with van der Waals surface area (Å²) in [5, 5.41) is 4.68. The van der Waals surface area contributed by atoms with Gasteiger partial charge < -0.3 is 9.47 Å². The number of fused-ring (bicyclic) bond motifs is 1. The minimum atomic E-state index is 0.279. The summed E-state index contributed by atoms with van der Waals surface area (Å²) in [5.41, 5.74) is 1.10. The lowest BCUT2D eigenvalue weighted by molar-refractivity contribution is 0.174. The molecular weight excluding hydrogens is 316 g/mol. The number of pyridine rings is 1. The second-order valence-corrected chi connectivity index (χ2v) is 6.51. The van der Waals surface area contributed by atoms with Gasteiger partial charge in [0.15, 0.2) is 23.1 Å². The Balaban J connectivity index is 1.68. The molecule has 0 fully saturated rings. The monoisotopic (exact) mass is 336 g/mol. The van der Waals surface area contributed by atoms with Gasteiger partial charge >= 0.3 is 0 Å². The molecule has 0 amide bonds. The van der Waals surface area contributed by atoms with Crippen LogP contribution in [0.25, 0.3) is 5.82 Å². The smallest absolute Gasteiger partial charge is 0.231 e. The lowest BCUT2D eigenvalue weighted by atomic mass is 10.1. The fourth-order valence-corrected chi connectivity index (χ4v) is 2.85. The largest absolute Gasteiger partial charge is 0.454 e. The molecule has 0 saturated carbocycles. The number of rotatable bonds is 5. The fourth-order valence-electron chi connectivity index (χ4n) is 2.85. The van der Waals surface area contributed by atoms with E-state index in [0.717, 1.165) is 40.9 Å². The lowest BCUT2D eigenvalue weighted by Gasteiger charge is -2.05. The summed E-state index contributed by atoms with van der Waals surface area (Å²) in [7, 11) is 0. The van der Waals surface area contributed by atoms with Crippen molar-refractivity contribution in [1.29, 1.82) is 0 Å². The third-order valence-corrected chi connectivity index (χ3v) is 3.97. The molecule has 6 nitrogen and oxygen atoms in total. The molecule has 25 heavy (non-hydrogen) atoms. The zero-order valence-corrected chi connectivity index (χ0v) is 14.3. The Morgan fingerprint density at radius 1 is 1.12 bits per heavy atom. The molecule has 0 aliphatic carbocycles. The minimum Gasteiger partial charge on any atom is -0.454 e. The van der Waals surface area contributed by atoms with E-state index in [-0.39, 0.29) is 6.79 Å². The van der Waals surface area contributed by atoms with E-state index in [1.54, 1.807) is 6.20 Å². The fraction of sp³-hybridized carbons (Fsp3) is 0.316. The van der Waals surface area contributed by atoms with Gasteiger partial charge in [0, 0.05) is 19.0 Å². The van der Waals surface area contributed by atoms with Gasteiger partial charge in [-0.05, 0) is 35.7 Å². The first kappa shape index (κ1) is 15.6. The van der Waals surface area contributed by atoms with E-state index in [2.05, 4.69) is 23.9 Å². The van der Waals surface area contributed by atoms with Crippen molar-refractivity contribution in [2.45, 2.75) is 26.7 Å². The second kappa shape index (κ2) is 6.55. The third kappa shape index (κ3) is 3.33. The SMILES string of the molecule is CC(C)Cc1nc(Cc2ccc3c(c2)OCO3)n(-c2ccccn2)n1. The number of hydrogen-bond acceptors (Lipinski definition) is 5. The van der Waals surface area contributed by atoms with Crippen molar-refractivity contribution >= 4 is 0 Å². The van der Waals surface area contributed by atoms with Gasteiger partial charge in [-0.3, -0.25) is 0 Å². The van der Waals surface area contributed by atoms with Crippen molar-refractivity contribution in [2.24, 2.45) is 5.92 Å². The van der Waals surface area contributed by atoms with Gasteiger partial charge in [0.25, 0.3) is 0 Å². The van der Waals surface area contributed by atoms with Gasteiger partial charge in [-0.2, -0.15) is 4.68 Å². The van der Waals surface area contributed by atoms with Crippen molar-refractivity contribution in [3.63, 3.8) is 0 Å². The average molecular weight is 336 g/mol. The van der Waals surface area contributed by atoms with Crippen molar-refractivity contribution in [3.8, 4) is 17.3 Å². The molecule has 2 aromatic heterocycles. The van der Waals surface area contributed by atoms with Crippen LogP contribution in [0.1, 0.15) is 31.1 Å². The highest BCUT2D eigenvalue weighted by atomic mass is 16.7. The highest BCUT2D eigenvalue weighted by Gasteiger charge is 2.17. The maximum absolute atomic E-state index is 5.47. The third-order valence-electron chi connectivity index (χ3n) is 3.97. The highest BCUT2D eigenvalue weighted by molar-refractivity contribution is 5.45. The molecule has 1 aromatic carbocycles. The maximum atomic E-state index is 5.47. The summed E-state index contributed by atoms with van der Waals surface area (Å²) in [6.07, 6.45) is 3.26. The van der Waals surface area contributed by atoms with Gasteiger partial charge in [0.2, 0.25) is 6.79 Å². The molecule has 0 saturated heterocycles. The molecule has 6 heteroatoms. The Hall–Kier alpha value is -2.89. The van der Waals surface area contributed by atoms with Crippen LogP contribution in [-0.4, -0.2) is 26.5 Å². The van der Waals surface area contributed by atoms with E-state index in [1.807, 2.05) is 41.1 Å². The standard InChI is InChI=1S/C19H20N4O2/c1-13(2)9-17-21-19(23(22-17)18-5-3-4-8-20-18)11-14-6-7-15-16(10-14)25-12-24-15/h3-8,10,13H,9,11-12H2,1-2H3. The maximum Gasteiger partial charge on any atom is 0.231 e. The molecule has 0 N–H and O–H groups in total. The summed E-state index contributed by atoms with van der Waals surface area (Å²) in [4.78, 5) is 9.17. The van der Waals surface area contributed by atoms with E-state index in [4.69, 9.17) is 14.5 Å². The van der Waals surface area contributed by atoms with Crippen LogP contribution < -0.4 is 9.47 Å². The molecule has 1 aliphatic rings. The average Bonchev–Trinajstić information content (AvgIpc) is 3.21. The van der Waals surface area contributed by atoms with Gasteiger partial charge in [0.05, 0.1) is 0 Å². The van der Waals surface area contributed by atoms with Crippen molar-refractivity contribution in [3.05, 3.63) is 59.8 Å². The zero-order valence-electron chi connectivity index (χ0n) is 14.3. The number of nitrogens with zero attached hydrogens (tertiary/aromatic N) is 4. The summed E-state index contributed by atoms with van der Waals surface area (Å²) >= 11 is 0. The van der Waals surface area contributed by atoms with Crippen LogP contribution >= 0.6 is 0 Å². The minimum absolute atomic E-state index is 0.279. The quantitative estimate of drug-likeness (QED) is 0.716. The molecule has 3 aromatic rings. The van der Waals surface area contributed by atoms with Crippen molar-refractivity contribution < 1.29 is 9.47 Å². The van der Waals surface area contributed by atoms with Crippen LogP contribution in [0.5, 0.6) is 11.5 Å². The molecule has 4 rings (SSSR count). The van der Waals surface area contributed by atoms with Gasteiger partial charge in [0.1, 0.15) is 5.82 Å². The normalized spacial score (nSPS) is 12.8. The van der Waals surface area contributed by atoms with Crippen LogP contribution in [0.2, 0.25) is 0 Å². The van der Waals surface area contributed by atoms with Crippen LogP contribution in [-0.2, 0) is 12.8 Å².